The van der Waals surface area contributed by atoms with Gasteiger partial charge in [-0.2, -0.15) is 5.26 Å². The third-order valence-electron chi connectivity index (χ3n) is 5.66. The summed E-state index contributed by atoms with van der Waals surface area (Å²) in [5, 5.41) is 26.9. The van der Waals surface area contributed by atoms with Crippen molar-refractivity contribution in [2.24, 2.45) is 0 Å². The molecule has 1 fully saturated rings. The van der Waals surface area contributed by atoms with E-state index < -0.39 is 6.09 Å². The van der Waals surface area contributed by atoms with Gasteiger partial charge in [-0.3, -0.25) is 0 Å². The Labute approximate surface area is 164 Å². The number of fused-ring (bicyclic) bond motifs is 3. The van der Waals surface area contributed by atoms with Crippen molar-refractivity contribution in [1.82, 2.24) is 15.2 Å². The lowest BCUT2D eigenvalue weighted by molar-refractivity contribution is 0.112. The molecule has 1 aromatic heterocycles. The predicted octanol–water partition coefficient (Wildman–Crippen LogP) is 1.84. The first-order valence-corrected chi connectivity index (χ1v) is 9.89. The van der Waals surface area contributed by atoms with E-state index in [0.717, 1.165) is 23.9 Å². The molecule has 1 amide bonds. The van der Waals surface area contributed by atoms with Crippen molar-refractivity contribution in [2.45, 2.75) is 63.9 Å². The normalized spacial score (nSPS) is 23.8. The molecule has 0 spiro atoms. The molecule has 0 bridgehead atoms. The molecule has 3 atom stereocenters. The molecule has 7 heteroatoms. The molecule has 4 rings (SSSR count). The van der Waals surface area contributed by atoms with Gasteiger partial charge in [0.1, 0.15) is 0 Å². The molecule has 1 aliphatic heterocycles. The molecule has 2 aromatic rings. The zero-order valence-electron chi connectivity index (χ0n) is 16.2. The fraction of sp³-hybridized carbons (Fsp3) is 0.524. The van der Waals surface area contributed by atoms with Gasteiger partial charge >= 0.3 is 6.09 Å². The fourth-order valence-electron chi connectivity index (χ4n) is 4.42. The Hall–Kier alpha value is -2.56. The second kappa shape index (κ2) is 7.46. The van der Waals surface area contributed by atoms with Crippen LogP contribution in [0, 0.1) is 11.3 Å². The summed E-state index contributed by atoms with van der Waals surface area (Å²) >= 11 is 0. The molecule has 1 aromatic carbocycles. The third kappa shape index (κ3) is 3.46. The van der Waals surface area contributed by atoms with Gasteiger partial charge in [-0.25, -0.2) is 4.79 Å². The zero-order valence-corrected chi connectivity index (χ0v) is 16.2. The van der Waals surface area contributed by atoms with Crippen LogP contribution in [0.1, 0.15) is 37.1 Å². The molecule has 3 N–H and O–H groups in total. The molecule has 28 heavy (non-hydrogen) atoms. The third-order valence-corrected chi connectivity index (χ3v) is 5.66. The number of hydrogen-bond acceptors (Lipinski definition) is 5. The minimum absolute atomic E-state index is 0.00765. The molecular formula is C21H26N4O3. The zero-order chi connectivity index (χ0) is 19.8. The highest BCUT2D eigenvalue weighted by molar-refractivity contribution is 5.88. The SMILES string of the molecule is CC(C)OC(=O)N[C@H]1Cc2c(n(C[C@H]3NCCC3O)c3ccc(C#N)cc23)C1. The number of nitrogens with zero attached hydrogens (tertiary/aromatic N) is 2. The summed E-state index contributed by atoms with van der Waals surface area (Å²) in [5.74, 6) is 0. The van der Waals surface area contributed by atoms with Crippen LogP contribution in [0.3, 0.4) is 0 Å². The molecule has 7 nitrogen and oxygen atoms in total. The number of nitriles is 1. The monoisotopic (exact) mass is 382 g/mol. The molecule has 1 aliphatic carbocycles. The highest BCUT2D eigenvalue weighted by Crippen LogP contribution is 2.34. The summed E-state index contributed by atoms with van der Waals surface area (Å²) < 4.78 is 7.46. The van der Waals surface area contributed by atoms with Crippen molar-refractivity contribution in [2.75, 3.05) is 6.54 Å². The maximum absolute atomic E-state index is 12.0. The maximum Gasteiger partial charge on any atom is 0.407 e. The minimum atomic E-state index is -0.397. The van der Waals surface area contributed by atoms with E-state index in [9.17, 15) is 15.2 Å². The second-order valence-corrected chi connectivity index (χ2v) is 8.00. The van der Waals surface area contributed by atoms with E-state index in [1.807, 2.05) is 32.0 Å². The summed E-state index contributed by atoms with van der Waals surface area (Å²) in [5.41, 5.74) is 4.05. The highest BCUT2D eigenvalue weighted by atomic mass is 16.6. The number of rotatable bonds is 4. The van der Waals surface area contributed by atoms with E-state index in [1.54, 1.807) is 0 Å². The van der Waals surface area contributed by atoms with Crippen LogP contribution in [0.15, 0.2) is 18.2 Å². The lowest BCUT2D eigenvalue weighted by Gasteiger charge is -2.20. The second-order valence-electron chi connectivity index (χ2n) is 8.00. The van der Waals surface area contributed by atoms with E-state index in [1.165, 1.54) is 11.3 Å². The molecule has 1 unspecified atom stereocenters. The highest BCUT2D eigenvalue weighted by Gasteiger charge is 2.32. The number of aliphatic hydroxyl groups excluding tert-OH is 1. The summed E-state index contributed by atoms with van der Waals surface area (Å²) in [6.07, 6.45) is 1.26. The van der Waals surface area contributed by atoms with Crippen molar-refractivity contribution in [1.29, 1.82) is 5.26 Å². The number of carbonyl (C=O) groups is 1. The van der Waals surface area contributed by atoms with Crippen LogP contribution in [0.25, 0.3) is 10.9 Å². The summed E-state index contributed by atoms with van der Waals surface area (Å²) in [7, 11) is 0. The quantitative estimate of drug-likeness (QED) is 0.749. The Balaban J connectivity index is 1.65. The number of aliphatic hydroxyl groups is 1. The Bertz CT molecular complexity index is 943. The van der Waals surface area contributed by atoms with Crippen molar-refractivity contribution >= 4 is 17.0 Å². The van der Waals surface area contributed by atoms with E-state index in [4.69, 9.17) is 4.74 Å². The molecular weight excluding hydrogens is 356 g/mol. The molecule has 2 aliphatic rings. The first kappa shape index (κ1) is 18.8. The van der Waals surface area contributed by atoms with Crippen LogP contribution in [-0.2, 0) is 24.1 Å². The number of amides is 1. The van der Waals surface area contributed by atoms with Gasteiger partial charge in [0, 0.05) is 35.6 Å². The number of hydrogen-bond donors (Lipinski definition) is 3. The first-order valence-electron chi connectivity index (χ1n) is 9.89. The van der Waals surface area contributed by atoms with E-state index in [2.05, 4.69) is 21.3 Å². The van der Waals surface area contributed by atoms with E-state index in [0.29, 0.717) is 24.9 Å². The predicted molar refractivity (Wildman–Crippen MR) is 105 cm³/mol. The summed E-state index contributed by atoms with van der Waals surface area (Å²) in [6, 6.07) is 7.95. The van der Waals surface area contributed by atoms with E-state index in [-0.39, 0.29) is 24.3 Å². The lowest BCUT2D eigenvalue weighted by atomic mass is 10.1. The van der Waals surface area contributed by atoms with Crippen LogP contribution in [0.2, 0.25) is 0 Å². The van der Waals surface area contributed by atoms with Crippen molar-refractivity contribution in [3.05, 3.63) is 35.0 Å². The average molecular weight is 382 g/mol. The number of ether oxygens (including phenoxy) is 1. The van der Waals surface area contributed by atoms with Crippen LogP contribution >= 0.6 is 0 Å². The van der Waals surface area contributed by atoms with Gasteiger partial charge in [0.05, 0.1) is 29.9 Å². The Morgan fingerprint density at radius 2 is 2.29 bits per heavy atom. The summed E-state index contributed by atoms with van der Waals surface area (Å²) in [6.45, 7) is 5.14. The Kier molecular flexibility index (Phi) is 5.00. The largest absolute Gasteiger partial charge is 0.447 e. The molecule has 2 heterocycles. The van der Waals surface area contributed by atoms with Crippen molar-refractivity contribution < 1.29 is 14.6 Å². The number of carbonyl (C=O) groups excluding carboxylic acids is 1. The Morgan fingerprint density at radius 3 is 2.96 bits per heavy atom. The number of aromatic nitrogens is 1. The topological polar surface area (TPSA) is 99.3 Å². The van der Waals surface area contributed by atoms with Crippen LogP contribution in [0.4, 0.5) is 4.79 Å². The van der Waals surface area contributed by atoms with Gasteiger partial charge < -0.3 is 25.0 Å². The van der Waals surface area contributed by atoms with Gasteiger partial charge in [-0.05, 0) is 57.0 Å². The minimum Gasteiger partial charge on any atom is -0.447 e. The molecule has 148 valence electrons. The van der Waals surface area contributed by atoms with Crippen molar-refractivity contribution in [3.8, 4) is 6.07 Å². The maximum atomic E-state index is 12.0. The number of nitrogens with one attached hydrogen (secondary N) is 2. The van der Waals surface area contributed by atoms with Gasteiger partial charge in [0.2, 0.25) is 0 Å². The first-order chi connectivity index (χ1) is 13.5. The number of benzene rings is 1. The standard InChI is InChI=1S/C21H26N4O3/c1-12(2)28-21(27)24-14-8-16-15-7-13(10-22)3-4-18(15)25(19(16)9-14)11-17-20(26)5-6-23-17/h3-4,7,12,14,17,20,23,26H,5-6,8-9,11H2,1-2H3,(H,24,27)/t14-,17+,20?/m0/s1. The van der Waals surface area contributed by atoms with E-state index >= 15 is 0 Å². The van der Waals surface area contributed by atoms with Gasteiger partial charge in [-0.15, -0.1) is 0 Å². The van der Waals surface area contributed by atoms with Crippen LogP contribution < -0.4 is 10.6 Å². The van der Waals surface area contributed by atoms with Crippen molar-refractivity contribution in [3.63, 3.8) is 0 Å². The molecule has 0 saturated carbocycles. The number of alkyl carbamates (subject to hydrolysis) is 1. The van der Waals surface area contributed by atoms with Crippen LogP contribution in [0.5, 0.6) is 0 Å². The molecule has 1 saturated heterocycles. The Morgan fingerprint density at radius 1 is 1.46 bits per heavy atom. The van der Waals surface area contributed by atoms with Gasteiger partial charge in [0.25, 0.3) is 0 Å². The molecule has 0 radical (unpaired) electrons. The van der Waals surface area contributed by atoms with Gasteiger partial charge in [0.15, 0.2) is 0 Å². The average Bonchev–Trinajstić information content (AvgIpc) is 3.30. The smallest absolute Gasteiger partial charge is 0.407 e. The lowest BCUT2D eigenvalue weighted by Crippen LogP contribution is -2.38. The van der Waals surface area contributed by atoms with Crippen LogP contribution in [-0.4, -0.2) is 46.6 Å². The van der Waals surface area contributed by atoms with Gasteiger partial charge in [-0.1, -0.05) is 0 Å². The summed E-state index contributed by atoms with van der Waals surface area (Å²) in [4.78, 5) is 12.0. The fourth-order valence-corrected chi connectivity index (χ4v) is 4.42.